The summed E-state index contributed by atoms with van der Waals surface area (Å²) in [5.41, 5.74) is 8.77. The fourth-order valence-corrected chi connectivity index (χ4v) is 3.47. The summed E-state index contributed by atoms with van der Waals surface area (Å²) in [5, 5.41) is 9.53. The van der Waals surface area contributed by atoms with Crippen molar-refractivity contribution in [2.75, 3.05) is 6.26 Å². The van der Waals surface area contributed by atoms with Crippen LogP contribution in [0.25, 0.3) is 11.1 Å². The molecule has 0 unspecified atom stereocenters. The van der Waals surface area contributed by atoms with Gasteiger partial charge in [-0.05, 0) is 41.0 Å². The molecule has 0 spiro atoms. The summed E-state index contributed by atoms with van der Waals surface area (Å²) >= 11 is 9.14. The van der Waals surface area contributed by atoms with Crippen LogP contribution in [0.1, 0.15) is 10.4 Å². The molecule has 0 aliphatic carbocycles. The van der Waals surface area contributed by atoms with E-state index >= 15 is 0 Å². The van der Waals surface area contributed by atoms with Crippen LogP contribution in [0, 0.1) is 5.41 Å². The third-order valence-electron chi connectivity index (χ3n) is 2.65. The van der Waals surface area contributed by atoms with Crippen molar-refractivity contribution in [2.24, 2.45) is 5.73 Å². The first kappa shape index (κ1) is 16.4. The Morgan fingerprint density at radius 2 is 2.16 bits per heavy atom. The summed E-state index contributed by atoms with van der Waals surface area (Å²) in [6, 6.07) is 8.19. The van der Waals surface area contributed by atoms with Crippen LogP contribution >= 0.6 is 47.1 Å². The van der Waals surface area contributed by atoms with Crippen molar-refractivity contribution in [3.8, 4) is 11.1 Å². The molecule has 1 aromatic carbocycles. The van der Waals surface area contributed by atoms with Crippen molar-refractivity contribution in [2.45, 2.75) is 10.8 Å². The molecule has 0 aliphatic rings. The van der Waals surface area contributed by atoms with Crippen LogP contribution in [0.15, 0.2) is 34.5 Å². The van der Waals surface area contributed by atoms with E-state index in [2.05, 4.69) is 18.2 Å². The van der Waals surface area contributed by atoms with Crippen molar-refractivity contribution in [3.05, 3.63) is 40.1 Å². The predicted octanol–water partition coefficient (Wildman–Crippen LogP) is 4.58. The predicted molar refractivity (Wildman–Crippen MR) is 89.4 cm³/mol. The maximum Gasteiger partial charge on any atom is 0.133 e. The van der Waals surface area contributed by atoms with E-state index in [-0.39, 0.29) is 18.2 Å². The Balaban J connectivity index is 0.00000180. The second-order valence-electron chi connectivity index (χ2n) is 3.74. The van der Waals surface area contributed by atoms with Gasteiger partial charge in [-0.25, -0.2) is 0 Å². The van der Waals surface area contributed by atoms with Gasteiger partial charge in [-0.2, -0.15) is 0 Å². The van der Waals surface area contributed by atoms with Crippen LogP contribution < -0.4 is 5.73 Å². The topological polar surface area (TPSA) is 49.9 Å². The molecule has 6 heteroatoms. The monoisotopic (exact) mass is 332 g/mol. The number of amidine groups is 1. The van der Waals surface area contributed by atoms with Gasteiger partial charge >= 0.3 is 0 Å². The van der Waals surface area contributed by atoms with Crippen LogP contribution in [-0.4, -0.2) is 12.1 Å². The number of hydrogen-bond acceptors (Lipinski definition) is 3. The zero-order valence-corrected chi connectivity index (χ0v) is 13.5. The lowest BCUT2D eigenvalue weighted by atomic mass is 10.0. The molecule has 1 heterocycles. The number of nitrogen functional groups attached to an aromatic ring is 1. The summed E-state index contributed by atoms with van der Waals surface area (Å²) in [4.78, 5) is 2.00. The standard InChI is InChI=1S/C13H13ClN2S2.ClH/c1-17-11-3-2-8(6-9(11)7-14)10-4-5-18-12(10)13(15)16;/h2-6H,7H2,1H3,(H3,15,16);1H. The van der Waals surface area contributed by atoms with Crippen molar-refractivity contribution in [1.29, 1.82) is 5.41 Å². The molecule has 3 N–H and O–H groups in total. The quantitative estimate of drug-likeness (QED) is 0.372. The molecule has 0 atom stereocenters. The van der Waals surface area contributed by atoms with E-state index in [0.717, 1.165) is 21.6 Å². The van der Waals surface area contributed by atoms with E-state index in [1.165, 1.54) is 16.2 Å². The highest BCUT2D eigenvalue weighted by Gasteiger charge is 2.11. The lowest BCUT2D eigenvalue weighted by Crippen LogP contribution is -2.09. The van der Waals surface area contributed by atoms with Gasteiger partial charge < -0.3 is 5.73 Å². The van der Waals surface area contributed by atoms with Crippen LogP contribution in [0.4, 0.5) is 0 Å². The van der Waals surface area contributed by atoms with Gasteiger partial charge in [0.2, 0.25) is 0 Å². The average molecular weight is 333 g/mol. The van der Waals surface area contributed by atoms with E-state index in [4.69, 9.17) is 22.7 Å². The van der Waals surface area contributed by atoms with Gasteiger partial charge in [0.05, 0.1) is 4.88 Å². The Hall–Kier alpha value is -0.680. The molecule has 0 bridgehead atoms. The third-order valence-corrected chi connectivity index (χ3v) is 4.72. The zero-order chi connectivity index (χ0) is 13.1. The fraction of sp³-hybridized carbons (Fsp3) is 0.154. The van der Waals surface area contributed by atoms with Crippen LogP contribution in [0.5, 0.6) is 0 Å². The SMILES string of the molecule is CSc1ccc(-c2ccsc2C(=N)N)cc1CCl.Cl. The van der Waals surface area contributed by atoms with Gasteiger partial charge in [-0.3, -0.25) is 5.41 Å². The lowest BCUT2D eigenvalue weighted by molar-refractivity contribution is 1.26. The zero-order valence-electron chi connectivity index (χ0n) is 10.3. The number of thiophene rings is 1. The Kier molecular flexibility index (Phi) is 6.20. The Bertz CT molecular complexity index is 582. The van der Waals surface area contributed by atoms with Crippen molar-refractivity contribution in [3.63, 3.8) is 0 Å². The summed E-state index contributed by atoms with van der Waals surface area (Å²) in [6.07, 6.45) is 2.04. The number of benzene rings is 1. The number of rotatable bonds is 4. The molecular weight excluding hydrogens is 319 g/mol. The first-order chi connectivity index (χ1) is 8.67. The number of thioether (sulfide) groups is 1. The van der Waals surface area contributed by atoms with Crippen molar-refractivity contribution in [1.82, 2.24) is 0 Å². The van der Waals surface area contributed by atoms with E-state index in [9.17, 15) is 0 Å². The molecule has 0 saturated carbocycles. The summed E-state index contributed by atoms with van der Waals surface area (Å²) in [6.45, 7) is 0. The number of hydrogen-bond donors (Lipinski definition) is 2. The minimum Gasteiger partial charge on any atom is -0.383 e. The largest absolute Gasteiger partial charge is 0.383 e. The molecule has 0 aliphatic heterocycles. The first-order valence-corrected chi connectivity index (χ1v) is 7.96. The minimum absolute atomic E-state index is 0. The Morgan fingerprint density at radius 3 is 2.74 bits per heavy atom. The maximum atomic E-state index is 7.58. The molecule has 2 aromatic rings. The highest BCUT2D eigenvalue weighted by molar-refractivity contribution is 7.98. The fourth-order valence-electron chi connectivity index (χ4n) is 1.80. The summed E-state index contributed by atoms with van der Waals surface area (Å²) < 4.78 is 0. The third kappa shape index (κ3) is 3.45. The van der Waals surface area contributed by atoms with Gasteiger partial charge in [0.25, 0.3) is 0 Å². The highest BCUT2D eigenvalue weighted by atomic mass is 35.5. The second kappa shape index (κ2) is 7.20. The van der Waals surface area contributed by atoms with Crippen molar-refractivity contribution >= 4 is 52.9 Å². The van der Waals surface area contributed by atoms with E-state index in [0.29, 0.717) is 5.88 Å². The molecule has 0 saturated heterocycles. The normalized spacial score (nSPS) is 10.0. The Labute approximate surface area is 132 Å². The van der Waals surface area contributed by atoms with E-state index in [1.807, 2.05) is 17.7 Å². The maximum absolute atomic E-state index is 7.58. The van der Waals surface area contributed by atoms with Gasteiger partial charge in [-0.15, -0.1) is 47.1 Å². The molecule has 1 aromatic heterocycles. The number of nitrogens with two attached hydrogens (primary N) is 1. The number of halogens is 2. The smallest absolute Gasteiger partial charge is 0.133 e. The van der Waals surface area contributed by atoms with Gasteiger partial charge in [0.15, 0.2) is 0 Å². The van der Waals surface area contributed by atoms with E-state index in [1.54, 1.807) is 11.8 Å². The molecule has 19 heavy (non-hydrogen) atoms. The van der Waals surface area contributed by atoms with Crippen LogP contribution in [0.3, 0.4) is 0 Å². The summed E-state index contributed by atoms with van der Waals surface area (Å²) in [7, 11) is 0. The van der Waals surface area contributed by atoms with E-state index < -0.39 is 0 Å². The van der Waals surface area contributed by atoms with Crippen LogP contribution in [0.2, 0.25) is 0 Å². The first-order valence-electron chi connectivity index (χ1n) is 5.32. The molecule has 2 nitrogen and oxygen atoms in total. The molecule has 0 fully saturated rings. The minimum atomic E-state index is 0. The molecule has 2 rings (SSSR count). The van der Waals surface area contributed by atoms with Crippen LogP contribution in [-0.2, 0) is 5.88 Å². The molecule has 102 valence electrons. The molecule has 0 amide bonds. The van der Waals surface area contributed by atoms with Gasteiger partial charge in [-0.1, -0.05) is 6.07 Å². The number of nitrogens with one attached hydrogen (secondary N) is 1. The Morgan fingerprint density at radius 1 is 1.42 bits per heavy atom. The van der Waals surface area contributed by atoms with Gasteiger partial charge in [0, 0.05) is 16.3 Å². The molecular formula is C13H14Cl2N2S2. The lowest BCUT2D eigenvalue weighted by Gasteiger charge is -2.08. The highest BCUT2D eigenvalue weighted by Crippen LogP contribution is 2.32. The van der Waals surface area contributed by atoms with Crippen molar-refractivity contribution < 1.29 is 0 Å². The number of alkyl halides is 1. The summed E-state index contributed by atoms with van der Waals surface area (Å²) in [5.74, 6) is 0.602. The molecule has 0 radical (unpaired) electrons. The average Bonchev–Trinajstić information content (AvgIpc) is 2.87. The van der Waals surface area contributed by atoms with Gasteiger partial charge in [0.1, 0.15) is 5.84 Å². The second-order valence-corrected chi connectivity index (χ2v) is 5.77.